The normalized spacial score (nSPS) is 10.5. The molecule has 0 unspecified atom stereocenters. The second-order valence-electron chi connectivity index (χ2n) is 6.68. The number of aliphatic carboxylic acids is 1. The van der Waals surface area contributed by atoms with Crippen molar-refractivity contribution >= 4 is 40.9 Å². The van der Waals surface area contributed by atoms with E-state index in [4.69, 9.17) is 27.9 Å². The van der Waals surface area contributed by atoms with Crippen LogP contribution in [0.25, 0.3) is 0 Å². The Balaban J connectivity index is 0.00000363. The van der Waals surface area contributed by atoms with E-state index in [2.05, 4.69) is 4.98 Å². The number of nitrogens with zero attached hydrogens (tertiary/aromatic N) is 1. The molecular formula is C23H19Cl2FNNaO3S. The molecule has 0 atom stereocenters. The summed E-state index contributed by atoms with van der Waals surface area (Å²) in [7, 11) is 0. The Morgan fingerprint density at radius 2 is 1.72 bits per heavy atom. The molecule has 0 fully saturated rings. The molecular weight excluding hydrogens is 483 g/mol. The van der Waals surface area contributed by atoms with Gasteiger partial charge in [-0.1, -0.05) is 41.4 Å². The molecule has 0 aliphatic rings. The molecule has 3 rings (SSSR count). The molecule has 162 valence electrons. The Morgan fingerprint density at radius 3 is 2.38 bits per heavy atom. The first kappa shape index (κ1) is 27.0. The molecule has 0 saturated carbocycles. The summed E-state index contributed by atoms with van der Waals surface area (Å²) in [4.78, 5) is 16.3. The van der Waals surface area contributed by atoms with Gasteiger partial charge in [0.05, 0.1) is 28.0 Å². The fourth-order valence-corrected chi connectivity index (χ4v) is 4.43. The summed E-state index contributed by atoms with van der Waals surface area (Å²) in [6.45, 7) is 0.356. The van der Waals surface area contributed by atoms with Gasteiger partial charge in [0.2, 0.25) is 0 Å². The van der Waals surface area contributed by atoms with Crippen molar-refractivity contribution in [1.82, 2.24) is 4.98 Å². The van der Waals surface area contributed by atoms with Crippen LogP contribution in [0, 0.1) is 5.82 Å². The third-order valence-corrected chi connectivity index (χ3v) is 6.42. The number of ether oxygens (including phenoxy) is 1. The number of carboxylic acid groups (broad SMARTS) is 1. The summed E-state index contributed by atoms with van der Waals surface area (Å²) in [6, 6.07) is 15.1. The van der Waals surface area contributed by atoms with Gasteiger partial charge in [-0.25, -0.2) is 4.39 Å². The maximum Gasteiger partial charge on any atom is 1.00 e. The molecule has 0 spiro atoms. The molecule has 2 aromatic carbocycles. The number of hydrogen-bond donors (Lipinski definition) is 0. The van der Waals surface area contributed by atoms with Gasteiger partial charge in [0, 0.05) is 23.0 Å². The number of carbonyl (C=O) groups excluding carboxylic acids is 1. The number of rotatable bonds is 10. The summed E-state index contributed by atoms with van der Waals surface area (Å²) in [5.41, 5.74) is 2.24. The van der Waals surface area contributed by atoms with Crippen LogP contribution in [0.2, 0.25) is 10.0 Å². The number of carbonyl (C=O) groups is 1. The predicted octanol–water partition coefficient (Wildman–Crippen LogP) is 2.13. The van der Waals surface area contributed by atoms with E-state index in [0.717, 1.165) is 16.2 Å². The molecule has 3 aromatic rings. The van der Waals surface area contributed by atoms with Crippen molar-refractivity contribution in [3.05, 3.63) is 87.4 Å². The number of halogens is 3. The Kier molecular flexibility index (Phi) is 11.3. The summed E-state index contributed by atoms with van der Waals surface area (Å²) in [5.74, 6) is -0.406. The van der Waals surface area contributed by atoms with Crippen LogP contribution in [0.5, 0.6) is 5.75 Å². The van der Waals surface area contributed by atoms with Crippen molar-refractivity contribution in [2.24, 2.45) is 0 Å². The molecule has 1 aromatic heterocycles. The fourth-order valence-electron chi connectivity index (χ4n) is 2.84. The molecule has 0 aliphatic carbocycles. The summed E-state index contributed by atoms with van der Waals surface area (Å²) >= 11 is 13.9. The van der Waals surface area contributed by atoms with Crippen molar-refractivity contribution in [3.8, 4) is 5.75 Å². The molecule has 0 radical (unpaired) electrons. The smallest absolute Gasteiger partial charge is 0.550 e. The van der Waals surface area contributed by atoms with Crippen LogP contribution in [0.1, 0.15) is 23.4 Å². The van der Waals surface area contributed by atoms with Crippen LogP contribution in [-0.4, -0.2) is 17.6 Å². The van der Waals surface area contributed by atoms with E-state index >= 15 is 0 Å². The number of thioether (sulfide) groups is 1. The number of benzene rings is 2. The van der Waals surface area contributed by atoms with E-state index in [-0.39, 0.29) is 48.2 Å². The summed E-state index contributed by atoms with van der Waals surface area (Å²) < 4.78 is 18.9. The zero-order chi connectivity index (χ0) is 22.2. The Bertz CT molecular complexity index is 1030. The van der Waals surface area contributed by atoms with E-state index in [0.29, 0.717) is 40.3 Å². The minimum absolute atomic E-state index is 0. The number of aryl methyl sites for hydroxylation is 1. The van der Waals surface area contributed by atoms with Crippen molar-refractivity contribution in [2.45, 2.75) is 29.9 Å². The van der Waals surface area contributed by atoms with Gasteiger partial charge >= 0.3 is 29.6 Å². The number of aromatic nitrogens is 1. The molecule has 0 bridgehead atoms. The average Bonchev–Trinajstić information content (AvgIpc) is 2.74. The van der Waals surface area contributed by atoms with Gasteiger partial charge in [-0.05, 0) is 54.8 Å². The monoisotopic (exact) mass is 501 g/mol. The third kappa shape index (κ3) is 8.25. The van der Waals surface area contributed by atoms with Crippen molar-refractivity contribution in [3.63, 3.8) is 0 Å². The zero-order valence-corrected chi connectivity index (χ0v) is 21.8. The van der Waals surface area contributed by atoms with E-state index in [1.165, 1.54) is 23.9 Å². The van der Waals surface area contributed by atoms with Gasteiger partial charge in [0.15, 0.2) is 0 Å². The van der Waals surface area contributed by atoms with Crippen LogP contribution in [-0.2, 0) is 23.4 Å². The van der Waals surface area contributed by atoms with Crippen molar-refractivity contribution in [2.75, 3.05) is 6.61 Å². The Hall–Kier alpha value is -1.28. The molecule has 1 heterocycles. The van der Waals surface area contributed by atoms with Gasteiger partial charge in [-0.2, -0.15) is 0 Å². The topological polar surface area (TPSA) is 62.2 Å². The molecule has 0 N–H and O–H groups in total. The fraction of sp³-hybridized carbons (Fsp3) is 0.217. The zero-order valence-electron chi connectivity index (χ0n) is 17.4. The van der Waals surface area contributed by atoms with Crippen LogP contribution in [0.3, 0.4) is 0 Å². The first-order valence-electron chi connectivity index (χ1n) is 9.55. The second kappa shape index (κ2) is 13.4. The standard InChI is InChI=1S/C23H20Cl2FNO3S.Na/c24-18-2-1-3-19(25)23(18)31-14-17-8-10-21(20(27-17)9-11-22(28)29)30-13-12-15-4-6-16(26)7-5-15;/h1-8,10H,9,11-14H2,(H,28,29);/q;+1/p-1. The van der Waals surface area contributed by atoms with E-state index in [1.807, 2.05) is 6.07 Å². The molecule has 0 saturated heterocycles. The van der Waals surface area contributed by atoms with E-state index in [9.17, 15) is 14.3 Å². The second-order valence-corrected chi connectivity index (χ2v) is 8.48. The van der Waals surface area contributed by atoms with Gasteiger partial charge in [0.1, 0.15) is 11.6 Å². The largest absolute Gasteiger partial charge is 1.00 e. The average molecular weight is 502 g/mol. The van der Waals surface area contributed by atoms with Crippen LogP contribution < -0.4 is 39.4 Å². The van der Waals surface area contributed by atoms with Gasteiger partial charge in [-0.3, -0.25) is 4.98 Å². The summed E-state index contributed by atoms with van der Waals surface area (Å²) in [5, 5.41) is 12.1. The number of hydrogen-bond acceptors (Lipinski definition) is 5. The van der Waals surface area contributed by atoms with E-state index in [1.54, 1.807) is 36.4 Å². The predicted molar refractivity (Wildman–Crippen MR) is 119 cm³/mol. The molecule has 9 heteroatoms. The van der Waals surface area contributed by atoms with Crippen LogP contribution >= 0.6 is 35.0 Å². The van der Waals surface area contributed by atoms with Gasteiger partial charge in [0.25, 0.3) is 0 Å². The quantitative estimate of drug-likeness (QED) is 0.314. The Morgan fingerprint density at radius 1 is 1.03 bits per heavy atom. The first-order valence-corrected chi connectivity index (χ1v) is 11.3. The molecule has 0 amide bonds. The van der Waals surface area contributed by atoms with Crippen LogP contribution in [0.4, 0.5) is 4.39 Å². The molecule has 4 nitrogen and oxygen atoms in total. The SMILES string of the molecule is O=C([O-])CCc1nc(CSc2c(Cl)cccc2Cl)ccc1OCCc1ccc(F)cc1.[Na+]. The van der Waals surface area contributed by atoms with Crippen LogP contribution in [0.15, 0.2) is 59.5 Å². The molecule has 0 aliphatic heterocycles. The third-order valence-electron chi connectivity index (χ3n) is 4.40. The van der Waals surface area contributed by atoms with E-state index < -0.39 is 5.97 Å². The number of pyridine rings is 1. The van der Waals surface area contributed by atoms with Crippen molar-refractivity contribution in [1.29, 1.82) is 0 Å². The van der Waals surface area contributed by atoms with Gasteiger partial charge < -0.3 is 14.6 Å². The minimum Gasteiger partial charge on any atom is -0.550 e. The van der Waals surface area contributed by atoms with Crippen molar-refractivity contribution < 1.29 is 48.6 Å². The Labute approximate surface area is 222 Å². The van der Waals surface area contributed by atoms with Gasteiger partial charge in [-0.15, -0.1) is 11.8 Å². The number of carboxylic acids is 1. The maximum absolute atomic E-state index is 13.0. The minimum atomic E-state index is -1.15. The first-order chi connectivity index (χ1) is 14.9. The molecule has 32 heavy (non-hydrogen) atoms. The maximum atomic E-state index is 13.0. The summed E-state index contributed by atoms with van der Waals surface area (Å²) in [6.07, 6.45) is 0.622.